The Bertz CT molecular complexity index is 1450. The Kier molecular flexibility index (Phi) is 10.2. The zero-order valence-corrected chi connectivity index (χ0v) is 23.9. The van der Waals surface area contributed by atoms with Gasteiger partial charge in [-0.2, -0.15) is 0 Å². The minimum Gasteiger partial charge on any atom is -0.352 e. The number of carbonyl (C=O) groups excluding carboxylic acids is 2. The Morgan fingerprint density at radius 1 is 1.00 bits per heavy atom. The number of carbonyl (C=O) groups is 2. The molecule has 0 fully saturated rings. The van der Waals surface area contributed by atoms with Crippen LogP contribution in [0, 0.1) is 10.1 Å². The summed E-state index contributed by atoms with van der Waals surface area (Å²) >= 11 is 6.15. The number of nitrogens with one attached hydrogen (secondary N) is 1. The number of halogens is 1. The summed E-state index contributed by atoms with van der Waals surface area (Å²) in [4.78, 5) is 38.7. The van der Waals surface area contributed by atoms with Crippen LogP contribution < -0.4 is 9.62 Å². The van der Waals surface area contributed by atoms with E-state index in [0.29, 0.717) is 17.0 Å². The van der Waals surface area contributed by atoms with Crippen molar-refractivity contribution in [3.63, 3.8) is 0 Å². The molecule has 2 amide bonds. The molecule has 0 aliphatic carbocycles. The van der Waals surface area contributed by atoms with Gasteiger partial charge in [-0.25, -0.2) is 8.42 Å². The predicted molar refractivity (Wildman–Crippen MR) is 153 cm³/mol. The molecule has 0 aromatic heterocycles. The number of rotatable bonds is 12. The average Bonchev–Trinajstić information content (AvgIpc) is 2.94. The SMILES string of the molecule is CC[C@@H](C)NC(=O)[C@@H](C)N(Cc1cccc(Cl)c1)C(=O)CN(c1ccc([N+](=O)[O-])cc1)S(=O)(=O)c1ccccc1. The lowest BCUT2D eigenvalue weighted by Crippen LogP contribution is -2.52. The van der Waals surface area contributed by atoms with Crippen molar-refractivity contribution in [3.8, 4) is 0 Å². The maximum atomic E-state index is 13.9. The molecule has 3 rings (SSSR count). The molecule has 0 spiro atoms. The number of non-ortho nitro benzene ring substituents is 1. The highest BCUT2D eigenvalue weighted by Crippen LogP contribution is 2.26. The van der Waals surface area contributed by atoms with E-state index in [1.54, 1.807) is 49.4 Å². The third kappa shape index (κ3) is 7.57. The van der Waals surface area contributed by atoms with Crippen molar-refractivity contribution in [2.24, 2.45) is 0 Å². The second-order valence-electron chi connectivity index (χ2n) is 9.24. The molecule has 0 bridgehead atoms. The van der Waals surface area contributed by atoms with E-state index in [1.807, 2.05) is 13.8 Å². The number of benzene rings is 3. The third-order valence-electron chi connectivity index (χ3n) is 6.37. The number of nitrogens with zero attached hydrogens (tertiary/aromatic N) is 3. The van der Waals surface area contributed by atoms with Crippen LogP contribution in [-0.2, 0) is 26.2 Å². The Morgan fingerprint density at radius 3 is 2.23 bits per heavy atom. The summed E-state index contributed by atoms with van der Waals surface area (Å²) in [6.07, 6.45) is 0.684. The molecule has 0 aliphatic heterocycles. The van der Waals surface area contributed by atoms with Crippen LogP contribution in [-0.4, -0.2) is 48.7 Å². The van der Waals surface area contributed by atoms with Gasteiger partial charge >= 0.3 is 0 Å². The Balaban J connectivity index is 2.03. The zero-order valence-electron chi connectivity index (χ0n) is 22.4. The van der Waals surface area contributed by atoms with Gasteiger partial charge < -0.3 is 10.2 Å². The van der Waals surface area contributed by atoms with Gasteiger partial charge in [0.2, 0.25) is 11.8 Å². The fourth-order valence-corrected chi connectivity index (χ4v) is 5.52. The van der Waals surface area contributed by atoms with Crippen molar-refractivity contribution in [1.29, 1.82) is 0 Å². The topological polar surface area (TPSA) is 130 Å². The molecule has 12 heteroatoms. The molecule has 0 aliphatic rings. The summed E-state index contributed by atoms with van der Waals surface area (Å²) in [5, 5.41) is 14.5. The number of hydrogen-bond donors (Lipinski definition) is 1. The number of nitro benzene ring substituents is 1. The highest BCUT2D eigenvalue weighted by atomic mass is 35.5. The van der Waals surface area contributed by atoms with Crippen LogP contribution in [0.3, 0.4) is 0 Å². The molecular formula is C28H31ClN4O6S. The fraction of sp³-hybridized carbons (Fsp3) is 0.286. The molecule has 1 N–H and O–H groups in total. The van der Waals surface area contributed by atoms with Crippen molar-refractivity contribution in [3.05, 3.63) is 99.6 Å². The lowest BCUT2D eigenvalue weighted by atomic mass is 10.1. The number of nitro groups is 1. The summed E-state index contributed by atoms with van der Waals surface area (Å²) in [7, 11) is -4.27. The van der Waals surface area contributed by atoms with Gasteiger partial charge in [-0.05, 0) is 62.2 Å². The van der Waals surface area contributed by atoms with Crippen LogP contribution in [0.15, 0.2) is 83.8 Å². The summed E-state index contributed by atoms with van der Waals surface area (Å²) in [5.41, 5.74) is 0.476. The fourth-order valence-electron chi connectivity index (χ4n) is 3.87. The normalized spacial score (nSPS) is 12.7. The van der Waals surface area contributed by atoms with Crippen molar-refractivity contribution < 1.29 is 22.9 Å². The molecule has 0 heterocycles. The minimum atomic E-state index is -4.27. The Morgan fingerprint density at radius 2 is 1.65 bits per heavy atom. The van der Waals surface area contributed by atoms with Crippen molar-refractivity contribution in [1.82, 2.24) is 10.2 Å². The zero-order chi connectivity index (χ0) is 29.4. The van der Waals surface area contributed by atoms with Crippen LogP contribution in [0.4, 0.5) is 11.4 Å². The third-order valence-corrected chi connectivity index (χ3v) is 8.39. The average molecular weight is 587 g/mol. The molecule has 212 valence electrons. The van der Waals surface area contributed by atoms with Crippen LogP contribution in [0.25, 0.3) is 0 Å². The first kappa shape index (κ1) is 30.6. The lowest BCUT2D eigenvalue weighted by Gasteiger charge is -2.32. The number of hydrogen-bond acceptors (Lipinski definition) is 6. The van der Waals surface area contributed by atoms with Gasteiger partial charge in [0.15, 0.2) is 0 Å². The molecule has 0 radical (unpaired) electrons. The summed E-state index contributed by atoms with van der Waals surface area (Å²) in [5.74, 6) is -1.04. The molecule has 0 saturated carbocycles. The van der Waals surface area contributed by atoms with E-state index in [2.05, 4.69) is 5.32 Å². The Hall–Kier alpha value is -3.96. The predicted octanol–water partition coefficient (Wildman–Crippen LogP) is 4.78. The van der Waals surface area contributed by atoms with Crippen LogP contribution in [0.5, 0.6) is 0 Å². The van der Waals surface area contributed by atoms with Gasteiger partial charge in [0.1, 0.15) is 12.6 Å². The van der Waals surface area contributed by atoms with Crippen LogP contribution in [0.1, 0.15) is 32.8 Å². The smallest absolute Gasteiger partial charge is 0.269 e. The quantitative estimate of drug-likeness (QED) is 0.240. The van der Waals surface area contributed by atoms with Gasteiger partial charge in [-0.1, -0.05) is 48.9 Å². The van der Waals surface area contributed by atoms with Gasteiger partial charge in [-0.15, -0.1) is 0 Å². The molecule has 40 heavy (non-hydrogen) atoms. The monoisotopic (exact) mass is 586 g/mol. The lowest BCUT2D eigenvalue weighted by molar-refractivity contribution is -0.384. The van der Waals surface area contributed by atoms with Crippen molar-refractivity contribution >= 4 is 44.8 Å². The first-order valence-corrected chi connectivity index (χ1v) is 14.4. The maximum Gasteiger partial charge on any atom is 0.269 e. The van der Waals surface area contributed by atoms with Crippen molar-refractivity contribution in [2.45, 2.75) is 50.7 Å². The van der Waals surface area contributed by atoms with Crippen LogP contribution in [0.2, 0.25) is 5.02 Å². The largest absolute Gasteiger partial charge is 0.352 e. The first-order valence-electron chi connectivity index (χ1n) is 12.6. The highest BCUT2D eigenvalue weighted by Gasteiger charge is 2.33. The van der Waals surface area contributed by atoms with Gasteiger partial charge in [-0.3, -0.25) is 24.0 Å². The summed E-state index contributed by atoms with van der Waals surface area (Å²) in [6.45, 7) is 4.67. The molecule has 3 aromatic rings. The van der Waals surface area contributed by atoms with E-state index in [1.165, 1.54) is 41.3 Å². The molecular weight excluding hydrogens is 556 g/mol. The second-order valence-corrected chi connectivity index (χ2v) is 11.5. The van der Waals surface area contributed by atoms with E-state index in [4.69, 9.17) is 11.6 Å². The molecule has 0 saturated heterocycles. The standard InChI is InChI=1S/C28H31ClN4O6S/c1-4-20(2)30-28(35)21(3)31(18-22-9-8-10-23(29)17-22)27(34)19-32(24-13-15-25(16-14-24)33(36)37)40(38,39)26-11-6-5-7-12-26/h5-17,20-21H,4,18-19H2,1-3H3,(H,30,35)/t20-,21-/m1/s1. The first-order chi connectivity index (χ1) is 18.9. The van der Waals surface area contributed by atoms with E-state index in [-0.39, 0.29) is 28.9 Å². The van der Waals surface area contributed by atoms with Gasteiger partial charge in [0.05, 0.1) is 15.5 Å². The Labute approximate surface area is 238 Å². The maximum absolute atomic E-state index is 13.9. The summed E-state index contributed by atoms with van der Waals surface area (Å²) in [6, 6.07) is 18.1. The number of sulfonamides is 1. The molecule has 2 atom stereocenters. The molecule has 10 nitrogen and oxygen atoms in total. The number of anilines is 1. The molecule has 3 aromatic carbocycles. The van der Waals surface area contributed by atoms with E-state index < -0.39 is 39.3 Å². The van der Waals surface area contributed by atoms with E-state index >= 15 is 0 Å². The van der Waals surface area contributed by atoms with Crippen molar-refractivity contribution in [2.75, 3.05) is 10.8 Å². The van der Waals surface area contributed by atoms with E-state index in [0.717, 1.165) is 4.31 Å². The van der Waals surface area contributed by atoms with Crippen LogP contribution >= 0.6 is 11.6 Å². The highest BCUT2D eigenvalue weighted by molar-refractivity contribution is 7.92. The van der Waals surface area contributed by atoms with Gasteiger partial charge in [0, 0.05) is 29.7 Å². The second kappa shape index (κ2) is 13.4. The molecule has 0 unspecified atom stereocenters. The summed E-state index contributed by atoms with van der Waals surface area (Å²) < 4.78 is 28.3. The van der Waals surface area contributed by atoms with E-state index in [9.17, 15) is 28.1 Å². The van der Waals surface area contributed by atoms with Gasteiger partial charge in [0.25, 0.3) is 15.7 Å². The minimum absolute atomic E-state index is 0.00598. The number of amides is 2.